The number of benzene rings is 1. The molecule has 0 fully saturated rings. The van der Waals surface area contributed by atoms with Gasteiger partial charge in [-0.15, -0.1) is 11.3 Å². The molecule has 3 aromatic rings. The average molecular weight is 558 g/mol. The van der Waals surface area contributed by atoms with E-state index in [1.165, 1.54) is 29.7 Å². The molecule has 0 bridgehead atoms. The highest BCUT2D eigenvalue weighted by Crippen LogP contribution is 2.45. The second-order valence-electron chi connectivity index (χ2n) is 9.06. The number of rotatable bonds is 8. The number of nitrogens with one attached hydrogen (secondary N) is 1. The second kappa shape index (κ2) is 11.5. The summed E-state index contributed by atoms with van der Waals surface area (Å²) >= 11 is 1.22. The van der Waals surface area contributed by atoms with Gasteiger partial charge in [-0.05, 0) is 36.6 Å². The number of hydrogen-bond donors (Lipinski definition) is 1. The summed E-state index contributed by atoms with van der Waals surface area (Å²) in [5, 5.41) is 16.3. The van der Waals surface area contributed by atoms with Crippen LogP contribution in [0.2, 0.25) is 0 Å². The Balaban J connectivity index is 1.78. The number of fused-ring (bicyclic) bond motifs is 1. The summed E-state index contributed by atoms with van der Waals surface area (Å²) in [6.07, 6.45) is 0.252. The van der Waals surface area contributed by atoms with Crippen LogP contribution in [0.5, 0.6) is 0 Å². The summed E-state index contributed by atoms with van der Waals surface area (Å²) in [6, 6.07) is 7.91. The van der Waals surface area contributed by atoms with Gasteiger partial charge in [0.25, 0.3) is 0 Å². The molecule has 0 radical (unpaired) electrons. The lowest BCUT2D eigenvalue weighted by Gasteiger charge is -2.33. The number of carbonyl (C=O) groups excluding carboxylic acids is 1. The maximum absolute atomic E-state index is 15.4. The van der Waals surface area contributed by atoms with Gasteiger partial charge in [0.2, 0.25) is 5.91 Å². The molecule has 3 heterocycles. The molecule has 1 aliphatic heterocycles. The van der Waals surface area contributed by atoms with E-state index in [1.807, 2.05) is 6.92 Å². The van der Waals surface area contributed by atoms with Crippen molar-refractivity contribution in [3.05, 3.63) is 87.3 Å². The van der Waals surface area contributed by atoms with Gasteiger partial charge < -0.3 is 10.2 Å². The Hall–Kier alpha value is -3.91. The Morgan fingerprint density at radius 2 is 2.10 bits per heavy atom. The molecule has 1 aromatic carbocycles. The Morgan fingerprint density at radius 3 is 2.77 bits per heavy atom. The first-order valence-corrected chi connectivity index (χ1v) is 13.2. The van der Waals surface area contributed by atoms with Crippen LogP contribution in [0, 0.1) is 17.1 Å². The molecular formula is C28H27F4N5OS. The molecule has 11 heteroatoms. The number of hydrogen-bond acceptors (Lipinski definition) is 5. The van der Waals surface area contributed by atoms with Crippen LogP contribution in [0.4, 0.5) is 17.6 Å². The molecule has 204 valence electrons. The van der Waals surface area contributed by atoms with Crippen molar-refractivity contribution in [2.24, 2.45) is 0 Å². The largest absolute Gasteiger partial charge is 0.435 e. The van der Waals surface area contributed by atoms with Crippen LogP contribution in [0.1, 0.15) is 52.8 Å². The number of aromatic nitrogens is 2. The third-order valence-corrected chi connectivity index (χ3v) is 7.62. The van der Waals surface area contributed by atoms with E-state index >= 15 is 4.39 Å². The number of thiophene rings is 1. The zero-order chi connectivity index (χ0) is 28.3. The smallest absolute Gasteiger partial charge is 0.385 e. The van der Waals surface area contributed by atoms with Gasteiger partial charge in [-0.1, -0.05) is 31.7 Å². The van der Waals surface area contributed by atoms with E-state index < -0.39 is 23.6 Å². The van der Waals surface area contributed by atoms with Crippen molar-refractivity contribution in [3.8, 4) is 17.2 Å². The van der Waals surface area contributed by atoms with Crippen molar-refractivity contribution < 1.29 is 22.4 Å². The van der Waals surface area contributed by atoms with E-state index in [0.717, 1.165) is 27.7 Å². The summed E-state index contributed by atoms with van der Waals surface area (Å²) in [7, 11) is 0. The van der Waals surface area contributed by atoms with Crippen LogP contribution in [-0.2, 0) is 24.1 Å². The molecule has 1 amide bonds. The first-order chi connectivity index (χ1) is 18.6. The predicted octanol–water partition coefficient (Wildman–Crippen LogP) is 6.20. The minimum absolute atomic E-state index is 0.104. The highest BCUT2D eigenvalue weighted by atomic mass is 32.1. The van der Waals surface area contributed by atoms with Gasteiger partial charge in [-0.25, -0.2) is 4.39 Å². The molecule has 0 spiro atoms. The summed E-state index contributed by atoms with van der Waals surface area (Å²) in [5.41, 5.74) is 0.0842. The van der Waals surface area contributed by atoms with Crippen LogP contribution in [0.15, 0.2) is 54.9 Å². The summed E-state index contributed by atoms with van der Waals surface area (Å²) < 4.78 is 58.4. The number of carbonyl (C=O) groups is 1. The lowest BCUT2D eigenvalue weighted by molar-refractivity contribution is -0.141. The second-order valence-corrected chi connectivity index (χ2v) is 10.2. The van der Waals surface area contributed by atoms with Crippen molar-refractivity contribution in [2.45, 2.75) is 45.5 Å². The minimum Gasteiger partial charge on any atom is -0.385 e. The van der Waals surface area contributed by atoms with E-state index in [9.17, 15) is 23.2 Å². The molecule has 0 saturated heterocycles. The van der Waals surface area contributed by atoms with Gasteiger partial charge in [0.05, 0.1) is 6.54 Å². The molecule has 4 rings (SSSR count). The standard InChI is InChI=1S/C28H27F4N5OS/c1-4-17(3)34-11-7-10-25(38)36-14-21(20-12-18(13-33)39-24(20)16-36)19-8-6-9-23(29)26(19)22-15-37(5-2)35-27(22)28(30,31)32/h6-10,12,15,21,34H,3-5,11,14,16H2,1-2H3/b10-7+/t21-/m0/s1. The van der Waals surface area contributed by atoms with E-state index in [-0.39, 0.29) is 36.7 Å². The first-order valence-electron chi connectivity index (χ1n) is 12.4. The molecule has 0 aliphatic carbocycles. The van der Waals surface area contributed by atoms with Gasteiger partial charge in [0.15, 0.2) is 5.69 Å². The van der Waals surface area contributed by atoms with E-state index in [4.69, 9.17) is 0 Å². The number of alkyl halides is 3. The molecule has 6 nitrogen and oxygen atoms in total. The third kappa shape index (κ3) is 5.91. The van der Waals surface area contributed by atoms with Gasteiger partial charge in [-0.3, -0.25) is 9.48 Å². The van der Waals surface area contributed by atoms with Gasteiger partial charge in [0.1, 0.15) is 16.8 Å². The number of amides is 1. The topological polar surface area (TPSA) is 74.0 Å². The summed E-state index contributed by atoms with van der Waals surface area (Å²) in [4.78, 5) is 15.8. The van der Waals surface area contributed by atoms with Crippen LogP contribution < -0.4 is 5.32 Å². The number of allylic oxidation sites excluding steroid dienone is 1. The van der Waals surface area contributed by atoms with E-state index in [0.29, 0.717) is 22.5 Å². The van der Waals surface area contributed by atoms with Crippen LogP contribution in [0.25, 0.3) is 11.1 Å². The normalized spacial score (nSPS) is 15.3. The molecule has 1 aliphatic rings. The quantitative estimate of drug-likeness (QED) is 0.264. The number of aryl methyl sites for hydroxylation is 1. The van der Waals surface area contributed by atoms with Gasteiger partial charge >= 0.3 is 6.18 Å². The lowest BCUT2D eigenvalue weighted by Crippen LogP contribution is -2.37. The fourth-order valence-electron chi connectivity index (χ4n) is 4.59. The predicted molar refractivity (Wildman–Crippen MR) is 141 cm³/mol. The van der Waals surface area contributed by atoms with Crippen molar-refractivity contribution in [2.75, 3.05) is 13.1 Å². The fraction of sp³-hybridized carbons (Fsp3) is 0.321. The molecule has 0 saturated carbocycles. The van der Waals surface area contributed by atoms with Crippen molar-refractivity contribution in [1.29, 1.82) is 5.26 Å². The molecular weight excluding hydrogens is 530 g/mol. The number of halogens is 4. The number of nitriles is 1. The maximum atomic E-state index is 15.4. The molecule has 1 atom stereocenters. The highest BCUT2D eigenvalue weighted by molar-refractivity contribution is 7.12. The van der Waals surface area contributed by atoms with Crippen molar-refractivity contribution in [3.63, 3.8) is 0 Å². The summed E-state index contributed by atoms with van der Waals surface area (Å²) in [6.45, 7) is 8.38. The zero-order valence-corrected chi connectivity index (χ0v) is 22.3. The zero-order valence-electron chi connectivity index (χ0n) is 21.5. The SMILES string of the molecule is C=C(CC)NC/C=C/C(=O)N1Cc2sc(C#N)cc2[C@H](c2cccc(F)c2-c2cn(CC)nc2C(F)(F)F)C1. The molecule has 39 heavy (non-hydrogen) atoms. The van der Waals surface area contributed by atoms with Crippen LogP contribution in [-0.4, -0.2) is 33.7 Å². The average Bonchev–Trinajstić information content (AvgIpc) is 3.54. The van der Waals surface area contributed by atoms with E-state index in [2.05, 4.69) is 23.1 Å². The van der Waals surface area contributed by atoms with Crippen LogP contribution in [0.3, 0.4) is 0 Å². The van der Waals surface area contributed by atoms with Gasteiger partial charge in [-0.2, -0.15) is 23.5 Å². The molecule has 1 N–H and O–H groups in total. The Labute approximate surface area is 227 Å². The Bertz CT molecular complexity index is 1460. The van der Waals surface area contributed by atoms with Crippen LogP contribution >= 0.6 is 11.3 Å². The third-order valence-electron chi connectivity index (χ3n) is 6.58. The summed E-state index contributed by atoms with van der Waals surface area (Å²) in [5.74, 6) is -1.77. The molecule has 0 unspecified atom stereocenters. The Kier molecular flexibility index (Phi) is 8.25. The Morgan fingerprint density at radius 1 is 1.33 bits per heavy atom. The fourth-order valence-corrected chi connectivity index (χ4v) is 5.63. The monoisotopic (exact) mass is 557 g/mol. The van der Waals surface area contributed by atoms with E-state index in [1.54, 1.807) is 30.0 Å². The van der Waals surface area contributed by atoms with Crippen molar-refractivity contribution in [1.82, 2.24) is 20.0 Å². The first kappa shape index (κ1) is 28.1. The molecule has 2 aromatic heterocycles. The number of nitrogens with zero attached hydrogens (tertiary/aromatic N) is 4. The van der Waals surface area contributed by atoms with Gasteiger partial charge in [0, 0.05) is 59.5 Å². The minimum atomic E-state index is -4.80. The highest BCUT2D eigenvalue weighted by Gasteiger charge is 2.40. The lowest BCUT2D eigenvalue weighted by atomic mass is 9.83. The van der Waals surface area contributed by atoms with Crippen molar-refractivity contribution >= 4 is 17.2 Å². The maximum Gasteiger partial charge on any atom is 0.435 e.